The van der Waals surface area contributed by atoms with Crippen LogP contribution in [0.3, 0.4) is 0 Å². The lowest BCUT2D eigenvalue weighted by atomic mass is 9.98. The Bertz CT molecular complexity index is 1630. The van der Waals surface area contributed by atoms with Gasteiger partial charge < -0.3 is 25.6 Å². The number of carbonyl (C=O) groups excluding carboxylic acids is 1. The molecule has 2 aliphatic rings. The van der Waals surface area contributed by atoms with E-state index in [9.17, 15) is 9.90 Å². The maximum Gasteiger partial charge on any atom is 0.255 e. The second kappa shape index (κ2) is 14.5. The molecule has 2 saturated heterocycles. The number of anilines is 1. The molecule has 0 saturated carbocycles. The normalized spacial score (nSPS) is 19.0. The van der Waals surface area contributed by atoms with Gasteiger partial charge in [0.25, 0.3) is 5.91 Å². The van der Waals surface area contributed by atoms with Gasteiger partial charge in [0.2, 0.25) is 0 Å². The first-order valence-electron chi connectivity index (χ1n) is 15.9. The Morgan fingerprint density at radius 2 is 1.76 bits per heavy atom. The quantitative estimate of drug-likeness (QED) is 0.230. The van der Waals surface area contributed by atoms with Crippen molar-refractivity contribution in [3.8, 4) is 22.3 Å². The summed E-state index contributed by atoms with van der Waals surface area (Å²) in [6.07, 6.45) is 4.94. The van der Waals surface area contributed by atoms with E-state index in [4.69, 9.17) is 15.2 Å². The van der Waals surface area contributed by atoms with E-state index in [1.165, 1.54) is 16.7 Å². The standard InChI is InChI=1S/C35H43N7O4/c1-24-15-27(7-8-28(24)20-42-11-9-41(10-12-42)13-14-43)26-5-3-25(4-6-26)21-46-33-23-45-22-32(33)39-35(44)31-16-29(17-37-34(31)36)30-18-38-40(2)19-30/h3-8,15-19,32-33,43H,9-14,20-23H2,1-2H3,(H2,36,37)(H,39,44)/t32-,33-/m0/s1. The summed E-state index contributed by atoms with van der Waals surface area (Å²) < 4.78 is 13.6. The van der Waals surface area contributed by atoms with E-state index < -0.39 is 0 Å². The number of nitrogens with two attached hydrogens (primary N) is 1. The topological polar surface area (TPSA) is 131 Å². The molecule has 0 unspecified atom stereocenters. The minimum Gasteiger partial charge on any atom is -0.395 e. The van der Waals surface area contributed by atoms with Crippen LogP contribution in [0.25, 0.3) is 22.3 Å². The number of piperazine rings is 1. The number of ether oxygens (including phenoxy) is 2. The number of hydrogen-bond acceptors (Lipinski definition) is 9. The predicted octanol–water partition coefficient (Wildman–Crippen LogP) is 2.86. The maximum atomic E-state index is 13.2. The van der Waals surface area contributed by atoms with Crippen molar-refractivity contribution in [1.82, 2.24) is 29.9 Å². The summed E-state index contributed by atoms with van der Waals surface area (Å²) in [5.74, 6) is -0.147. The third-order valence-electron chi connectivity index (χ3n) is 8.92. The SMILES string of the molecule is Cc1cc(-c2ccc(CO[C@H]3COC[C@@H]3NC(=O)c3cc(-c4cnn(C)c4)cnc3N)cc2)ccc1CN1CCN(CCO)CC1. The average Bonchev–Trinajstić information content (AvgIpc) is 3.71. The van der Waals surface area contributed by atoms with Gasteiger partial charge in [-0.3, -0.25) is 19.3 Å². The van der Waals surface area contributed by atoms with E-state index in [0.29, 0.717) is 25.4 Å². The molecule has 6 rings (SSSR count). The summed E-state index contributed by atoms with van der Waals surface area (Å²) in [5, 5.41) is 16.4. The van der Waals surface area contributed by atoms with Crippen molar-refractivity contribution < 1.29 is 19.4 Å². The van der Waals surface area contributed by atoms with Gasteiger partial charge in [-0.15, -0.1) is 0 Å². The molecular weight excluding hydrogens is 582 g/mol. The fourth-order valence-electron chi connectivity index (χ4n) is 6.07. The van der Waals surface area contributed by atoms with Crippen LogP contribution < -0.4 is 11.1 Å². The van der Waals surface area contributed by atoms with Crippen LogP contribution in [-0.2, 0) is 29.7 Å². The molecule has 0 aliphatic carbocycles. The minimum absolute atomic E-state index is 0.166. The first kappa shape index (κ1) is 31.8. The Balaban J connectivity index is 1.02. The first-order chi connectivity index (χ1) is 22.4. The van der Waals surface area contributed by atoms with Crippen LogP contribution in [0.5, 0.6) is 0 Å². The average molecular weight is 626 g/mol. The zero-order valence-electron chi connectivity index (χ0n) is 26.6. The molecule has 11 heteroatoms. The highest BCUT2D eigenvalue weighted by Gasteiger charge is 2.31. The summed E-state index contributed by atoms with van der Waals surface area (Å²) in [7, 11) is 1.84. The van der Waals surface area contributed by atoms with Gasteiger partial charge in [-0.05, 0) is 40.8 Å². The molecule has 2 aromatic heterocycles. The molecule has 2 atom stereocenters. The molecule has 2 aromatic carbocycles. The maximum absolute atomic E-state index is 13.2. The van der Waals surface area contributed by atoms with Crippen LogP contribution in [-0.4, -0.2) is 100 Å². The smallest absolute Gasteiger partial charge is 0.255 e. The second-order valence-electron chi connectivity index (χ2n) is 12.2. The Kier molecular flexibility index (Phi) is 10.1. The van der Waals surface area contributed by atoms with Crippen molar-refractivity contribution >= 4 is 11.7 Å². The fraction of sp³-hybridized carbons (Fsp3) is 0.400. The number of aliphatic hydroxyl groups excluding tert-OH is 1. The molecule has 0 bridgehead atoms. The van der Waals surface area contributed by atoms with Gasteiger partial charge in [-0.25, -0.2) is 4.98 Å². The van der Waals surface area contributed by atoms with Crippen molar-refractivity contribution in [3.63, 3.8) is 0 Å². The van der Waals surface area contributed by atoms with Crippen molar-refractivity contribution in [2.75, 3.05) is 58.3 Å². The van der Waals surface area contributed by atoms with Crippen molar-refractivity contribution in [2.24, 2.45) is 7.05 Å². The molecule has 11 nitrogen and oxygen atoms in total. The molecular formula is C35H43N7O4. The molecule has 242 valence electrons. The van der Waals surface area contributed by atoms with Crippen molar-refractivity contribution in [3.05, 3.63) is 89.4 Å². The molecule has 46 heavy (non-hydrogen) atoms. The summed E-state index contributed by atoms with van der Waals surface area (Å²) >= 11 is 0. The lowest BCUT2D eigenvalue weighted by molar-refractivity contribution is 0.0218. The lowest BCUT2D eigenvalue weighted by Gasteiger charge is -2.34. The van der Waals surface area contributed by atoms with Crippen LogP contribution in [0, 0.1) is 6.92 Å². The van der Waals surface area contributed by atoms with Gasteiger partial charge in [0.1, 0.15) is 11.9 Å². The van der Waals surface area contributed by atoms with E-state index in [1.807, 2.05) is 13.2 Å². The van der Waals surface area contributed by atoms with E-state index in [2.05, 4.69) is 74.6 Å². The van der Waals surface area contributed by atoms with Crippen LogP contribution in [0.4, 0.5) is 5.82 Å². The number of nitrogens with one attached hydrogen (secondary N) is 1. The highest BCUT2D eigenvalue weighted by atomic mass is 16.5. The highest BCUT2D eigenvalue weighted by Crippen LogP contribution is 2.25. The van der Waals surface area contributed by atoms with Gasteiger partial charge in [-0.2, -0.15) is 5.10 Å². The molecule has 4 N–H and O–H groups in total. The zero-order chi connectivity index (χ0) is 32.0. The summed E-state index contributed by atoms with van der Waals surface area (Å²) in [4.78, 5) is 22.2. The first-order valence-corrected chi connectivity index (χ1v) is 15.9. The van der Waals surface area contributed by atoms with Gasteiger partial charge >= 0.3 is 0 Å². The minimum atomic E-state index is -0.314. The predicted molar refractivity (Wildman–Crippen MR) is 177 cm³/mol. The molecule has 2 fully saturated rings. The van der Waals surface area contributed by atoms with Crippen molar-refractivity contribution in [2.45, 2.75) is 32.2 Å². The third-order valence-corrected chi connectivity index (χ3v) is 8.92. The number of pyridine rings is 1. The monoisotopic (exact) mass is 625 g/mol. The Labute approximate surface area is 269 Å². The Morgan fingerprint density at radius 3 is 2.48 bits per heavy atom. The largest absolute Gasteiger partial charge is 0.395 e. The molecule has 2 aliphatic heterocycles. The van der Waals surface area contributed by atoms with Gasteiger partial charge in [0, 0.05) is 69.8 Å². The van der Waals surface area contributed by atoms with E-state index in [-0.39, 0.29) is 30.5 Å². The lowest BCUT2D eigenvalue weighted by Crippen LogP contribution is -2.46. The second-order valence-corrected chi connectivity index (χ2v) is 12.2. The number of amides is 1. The number of β-amino-alcohol motifs (C(OH)–C–C–N with tert-alkyl or cyclic N) is 1. The molecule has 0 radical (unpaired) electrons. The van der Waals surface area contributed by atoms with Crippen LogP contribution in [0.2, 0.25) is 0 Å². The molecule has 4 aromatic rings. The number of benzene rings is 2. The molecule has 4 heterocycles. The van der Waals surface area contributed by atoms with Crippen LogP contribution >= 0.6 is 0 Å². The number of aliphatic hydroxyl groups is 1. The molecule has 0 spiro atoms. The highest BCUT2D eigenvalue weighted by molar-refractivity contribution is 5.99. The summed E-state index contributed by atoms with van der Waals surface area (Å²) in [5.41, 5.74) is 14.0. The van der Waals surface area contributed by atoms with E-state index in [1.54, 1.807) is 23.1 Å². The van der Waals surface area contributed by atoms with Gasteiger partial charge in [0.05, 0.1) is 44.2 Å². The van der Waals surface area contributed by atoms with Crippen LogP contribution in [0.1, 0.15) is 27.0 Å². The van der Waals surface area contributed by atoms with E-state index >= 15 is 0 Å². The number of nitrogens with zero attached hydrogens (tertiary/aromatic N) is 5. The third kappa shape index (κ3) is 7.63. The number of aryl methyl sites for hydroxylation is 2. The number of rotatable bonds is 11. The summed E-state index contributed by atoms with van der Waals surface area (Å²) in [6, 6.07) is 16.6. The zero-order valence-corrected chi connectivity index (χ0v) is 26.6. The number of hydrogen-bond donors (Lipinski definition) is 3. The number of nitrogen functional groups attached to an aromatic ring is 1. The van der Waals surface area contributed by atoms with Gasteiger partial charge in [0.15, 0.2) is 0 Å². The number of aromatic nitrogens is 3. The van der Waals surface area contributed by atoms with Crippen molar-refractivity contribution in [1.29, 1.82) is 0 Å². The number of carbonyl (C=O) groups is 1. The Hall–Kier alpha value is -4.13. The fourth-order valence-corrected chi connectivity index (χ4v) is 6.07. The van der Waals surface area contributed by atoms with Crippen LogP contribution in [0.15, 0.2) is 67.1 Å². The van der Waals surface area contributed by atoms with E-state index in [0.717, 1.165) is 61.5 Å². The Morgan fingerprint density at radius 1 is 1.00 bits per heavy atom. The molecule has 1 amide bonds. The summed E-state index contributed by atoms with van der Waals surface area (Å²) in [6.45, 7) is 9.35. The van der Waals surface area contributed by atoms with Gasteiger partial charge in [-0.1, -0.05) is 42.5 Å².